The first kappa shape index (κ1) is 15.4. The van der Waals surface area contributed by atoms with Crippen LogP contribution < -0.4 is 5.32 Å². The molecule has 1 amide bonds. The number of carbonyl (C=O) groups excluding carboxylic acids is 2. The minimum Gasteiger partial charge on any atom is -0.465 e. The second-order valence-corrected chi connectivity index (χ2v) is 4.36. The molecular weight excluding hydrogens is 284 g/mol. The molecule has 0 atom stereocenters. The van der Waals surface area contributed by atoms with E-state index in [-0.39, 0.29) is 11.3 Å². The highest BCUT2D eigenvalue weighted by Crippen LogP contribution is 2.24. The third-order valence-corrected chi connectivity index (χ3v) is 3.01. The van der Waals surface area contributed by atoms with Crippen LogP contribution in [0.5, 0.6) is 0 Å². The summed E-state index contributed by atoms with van der Waals surface area (Å²) in [5.74, 6) is -0.957. The average molecular weight is 300 g/mol. The quantitative estimate of drug-likeness (QED) is 0.514. The number of hydrogen-bond donors (Lipinski definition) is 2. The van der Waals surface area contributed by atoms with E-state index in [2.05, 4.69) is 20.5 Å². The van der Waals surface area contributed by atoms with Crippen molar-refractivity contribution in [3.05, 3.63) is 35.7 Å². The number of rotatable bonds is 4. The van der Waals surface area contributed by atoms with Gasteiger partial charge in [0, 0.05) is 11.6 Å². The second-order valence-electron chi connectivity index (χ2n) is 4.36. The van der Waals surface area contributed by atoms with Crippen molar-refractivity contribution in [2.24, 2.45) is 4.99 Å². The molecule has 2 aromatic rings. The molecule has 22 heavy (non-hydrogen) atoms. The highest BCUT2D eigenvalue weighted by Gasteiger charge is 2.17. The third-order valence-electron chi connectivity index (χ3n) is 3.01. The van der Waals surface area contributed by atoms with Crippen molar-refractivity contribution >= 4 is 34.7 Å². The molecule has 7 nitrogen and oxygen atoms in total. The van der Waals surface area contributed by atoms with Crippen molar-refractivity contribution in [3.63, 3.8) is 0 Å². The Hall–Kier alpha value is -2.96. The normalized spacial score (nSPS) is 11.9. The van der Waals surface area contributed by atoms with Gasteiger partial charge in [-0.3, -0.25) is 14.9 Å². The van der Waals surface area contributed by atoms with Crippen molar-refractivity contribution in [2.75, 3.05) is 12.4 Å². The van der Waals surface area contributed by atoms with Crippen LogP contribution in [0.25, 0.3) is 10.9 Å². The van der Waals surface area contributed by atoms with Crippen LogP contribution in [0.4, 0.5) is 5.69 Å². The van der Waals surface area contributed by atoms with Crippen LogP contribution in [0.15, 0.2) is 35.1 Å². The van der Waals surface area contributed by atoms with Gasteiger partial charge in [-0.1, -0.05) is 6.08 Å². The predicted octanol–water partition coefficient (Wildman–Crippen LogP) is 2.28. The summed E-state index contributed by atoms with van der Waals surface area (Å²) in [4.78, 5) is 28.1. The molecule has 0 unspecified atom stereocenters. The van der Waals surface area contributed by atoms with E-state index >= 15 is 0 Å². The lowest BCUT2D eigenvalue weighted by Gasteiger charge is -2.10. The van der Waals surface area contributed by atoms with Gasteiger partial charge in [0.15, 0.2) is 0 Å². The molecule has 1 aromatic heterocycles. The van der Waals surface area contributed by atoms with E-state index in [1.54, 1.807) is 38.3 Å². The summed E-state index contributed by atoms with van der Waals surface area (Å²) < 4.78 is 4.75. The Labute approximate surface area is 127 Å². The molecule has 0 saturated carbocycles. The van der Waals surface area contributed by atoms with E-state index in [4.69, 9.17) is 4.74 Å². The first-order valence-corrected chi connectivity index (χ1v) is 6.62. The molecule has 1 aromatic carbocycles. The van der Waals surface area contributed by atoms with E-state index in [0.29, 0.717) is 11.2 Å². The first-order valence-electron chi connectivity index (χ1n) is 6.62. The molecule has 114 valence electrons. The number of esters is 1. The van der Waals surface area contributed by atoms with E-state index in [9.17, 15) is 9.59 Å². The van der Waals surface area contributed by atoms with Gasteiger partial charge in [0.2, 0.25) is 0 Å². The standard InChI is InChI=1S/C15H16N4O3/c1-4-11(16-5-2)14(20)18-13-6-9-8-17-19-12(9)7-10(13)15(21)22-3/h4-8H,1-3H3,(H,17,19)(H,18,20)/b11-4-,16-5-. The molecule has 2 N–H and O–H groups in total. The number of ether oxygens (including phenoxy) is 1. The molecule has 1 heterocycles. The van der Waals surface area contributed by atoms with Crippen LogP contribution >= 0.6 is 0 Å². The molecule has 0 bridgehead atoms. The third kappa shape index (κ3) is 3.03. The Morgan fingerprint density at radius 1 is 1.36 bits per heavy atom. The van der Waals surface area contributed by atoms with Crippen molar-refractivity contribution in [3.8, 4) is 0 Å². The lowest BCUT2D eigenvalue weighted by atomic mass is 10.1. The van der Waals surface area contributed by atoms with Crippen LogP contribution in [0, 0.1) is 0 Å². The lowest BCUT2D eigenvalue weighted by molar-refractivity contribution is -0.112. The summed E-state index contributed by atoms with van der Waals surface area (Å²) in [5.41, 5.74) is 1.52. The van der Waals surface area contributed by atoms with Gasteiger partial charge in [-0.25, -0.2) is 4.79 Å². The summed E-state index contributed by atoms with van der Waals surface area (Å²) in [6.07, 6.45) is 4.71. The SMILES string of the molecule is C/C=N\C(=C/C)C(=O)Nc1cc2cn[nH]c2cc1C(=O)OC. The number of methoxy groups -OCH3 is 1. The number of nitrogens with one attached hydrogen (secondary N) is 2. The topological polar surface area (TPSA) is 96.4 Å². The van der Waals surface area contributed by atoms with Crippen molar-refractivity contribution in [2.45, 2.75) is 13.8 Å². The highest BCUT2D eigenvalue weighted by atomic mass is 16.5. The largest absolute Gasteiger partial charge is 0.465 e. The van der Waals surface area contributed by atoms with Crippen LogP contribution in [0.3, 0.4) is 0 Å². The summed E-state index contributed by atoms with van der Waals surface area (Å²) in [6.45, 7) is 3.43. The first-order chi connectivity index (χ1) is 10.6. The number of allylic oxidation sites excluding steroid dienone is 1. The smallest absolute Gasteiger partial charge is 0.340 e. The van der Waals surface area contributed by atoms with Gasteiger partial charge in [-0.05, 0) is 26.0 Å². The number of nitrogens with zero attached hydrogens (tertiary/aromatic N) is 2. The monoisotopic (exact) mass is 300 g/mol. The number of aromatic nitrogens is 2. The molecule has 0 fully saturated rings. The number of aliphatic imine (C=N–C) groups is 1. The van der Waals surface area contributed by atoms with Gasteiger partial charge in [0.25, 0.3) is 5.91 Å². The van der Waals surface area contributed by atoms with Crippen LogP contribution in [0.2, 0.25) is 0 Å². The van der Waals surface area contributed by atoms with Gasteiger partial charge in [-0.2, -0.15) is 5.10 Å². The molecule has 0 spiro atoms. The van der Waals surface area contributed by atoms with Crippen LogP contribution in [-0.2, 0) is 9.53 Å². The Balaban J connectivity index is 2.44. The van der Waals surface area contributed by atoms with E-state index in [0.717, 1.165) is 5.39 Å². The number of benzene rings is 1. The van der Waals surface area contributed by atoms with Crippen LogP contribution in [-0.4, -0.2) is 35.4 Å². The fourth-order valence-electron chi connectivity index (χ4n) is 1.96. The van der Waals surface area contributed by atoms with Crippen molar-refractivity contribution in [1.29, 1.82) is 0 Å². The average Bonchev–Trinajstić information content (AvgIpc) is 2.98. The summed E-state index contributed by atoms with van der Waals surface area (Å²) in [5, 5.41) is 10.1. The number of carbonyl (C=O) groups is 2. The summed E-state index contributed by atoms with van der Waals surface area (Å²) in [6, 6.07) is 3.24. The van der Waals surface area contributed by atoms with Crippen molar-refractivity contribution < 1.29 is 14.3 Å². The number of anilines is 1. The highest BCUT2D eigenvalue weighted by molar-refractivity contribution is 6.09. The number of fused-ring (bicyclic) bond motifs is 1. The molecule has 7 heteroatoms. The zero-order valence-electron chi connectivity index (χ0n) is 12.5. The van der Waals surface area contributed by atoms with Gasteiger partial charge in [0.05, 0.1) is 30.1 Å². The Bertz CT molecular complexity index is 774. The van der Waals surface area contributed by atoms with E-state index in [1.165, 1.54) is 13.3 Å². The number of hydrogen-bond acceptors (Lipinski definition) is 5. The second kappa shape index (κ2) is 6.66. The molecule has 2 rings (SSSR count). The van der Waals surface area contributed by atoms with Crippen LogP contribution in [0.1, 0.15) is 24.2 Å². The summed E-state index contributed by atoms with van der Waals surface area (Å²) >= 11 is 0. The minimum atomic E-state index is -0.548. The maximum Gasteiger partial charge on any atom is 0.340 e. The molecular formula is C15H16N4O3. The summed E-state index contributed by atoms with van der Waals surface area (Å²) in [7, 11) is 1.28. The zero-order valence-corrected chi connectivity index (χ0v) is 12.5. The zero-order chi connectivity index (χ0) is 16.1. The Kier molecular flexibility index (Phi) is 4.67. The van der Waals surface area contributed by atoms with E-state index in [1.807, 2.05) is 0 Å². The van der Waals surface area contributed by atoms with E-state index < -0.39 is 11.9 Å². The van der Waals surface area contributed by atoms with Crippen molar-refractivity contribution in [1.82, 2.24) is 10.2 Å². The van der Waals surface area contributed by atoms with Gasteiger partial charge in [0.1, 0.15) is 5.70 Å². The molecule has 0 aliphatic rings. The fourth-order valence-corrected chi connectivity index (χ4v) is 1.96. The minimum absolute atomic E-state index is 0.239. The van der Waals surface area contributed by atoms with Gasteiger partial charge >= 0.3 is 5.97 Å². The molecule has 0 aliphatic heterocycles. The number of amides is 1. The Morgan fingerprint density at radius 2 is 2.14 bits per heavy atom. The van der Waals surface area contributed by atoms with Gasteiger partial charge in [-0.15, -0.1) is 0 Å². The van der Waals surface area contributed by atoms with Gasteiger partial charge < -0.3 is 10.1 Å². The lowest BCUT2D eigenvalue weighted by Crippen LogP contribution is -2.16. The molecule has 0 radical (unpaired) electrons. The maximum absolute atomic E-state index is 12.2. The Morgan fingerprint density at radius 3 is 2.77 bits per heavy atom. The maximum atomic E-state index is 12.2. The predicted molar refractivity (Wildman–Crippen MR) is 84.0 cm³/mol. The molecule has 0 aliphatic carbocycles. The number of H-pyrrole nitrogens is 1. The number of aromatic amines is 1. The molecule has 0 saturated heterocycles. The fraction of sp³-hybridized carbons (Fsp3) is 0.200.